The largest absolute Gasteiger partial charge is 0.495 e. The second-order valence-electron chi connectivity index (χ2n) is 7.00. The molecule has 3 fully saturated rings. The zero-order valence-corrected chi connectivity index (χ0v) is 16.2. The molecule has 0 N–H and O–H groups in total. The minimum Gasteiger partial charge on any atom is -0.495 e. The fourth-order valence-electron chi connectivity index (χ4n) is 3.95. The van der Waals surface area contributed by atoms with Gasteiger partial charge in [-0.2, -0.15) is 4.31 Å². The highest BCUT2D eigenvalue weighted by molar-refractivity contribution is 7.89. The first-order valence-corrected chi connectivity index (χ1v) is 10.7. The van der Waals surface area contributed by atoms with Gasteiger partial charge in [-0.1, -0.05) is 0 Å². The number of hydrogen-bond donors (Lipinski definition) is 0. The fourth-order valence-corrected chi connectivity index (χ4v) is 5.56. The van der Waals surface area contributed by atoms with E-state index in [4.69, 9.17) is 14.2 Å². The highest BCUT2D eigenvalue weighted by Gasteiger charge is 2.43. The zero-order chi connectivity index (χ0) is 19.1. The number of hydrogen-bond acceptors (Lipinski definition) is 6. The van der Waals surface area contributed by atoms with Crippen molar-refractivity contribution in [3.05, 3.63) is 18.2 Å². The van der Waals surface area contributed by atoms with Crippen LogP contribution in [0.15, 0.2) is 23.1 Å². The first-order valence-electron chi connectivity index (χ1n) is 9.22. The van der Waals surface area contributed by atoms with Gasteiger partial charge in [-0.05, 0) is 24.6 Å². The summed E-state index contributed by atoms with van der Waals surface area (Å²) < 4.78 is 44.7. The van der Waals surface area contributed by atoms with Gasteiger partial charge in [-0.3, -0.25) is 4.79 Å². The Morgan fingerprint density at radius 3 is 2.41 bits per heavy atom. The smallest absolute Gasteiger partial charge is 0.246 e. The Kier molecular flexibility index (Phi) is 4.87. The number of carbonyl (C=O) groups excluding carboxylic acids is 1. The minimum atomic E-state index is -3.76. The average molecular weight is 396 g/mol. The summed E-state index contributed by atoms with van der Waals surface area (Å²) in [5, 5.41) is 0. The molecule has 0 radical (unpaired) electrons. The summed E-state index contributed by atoms with van der Waals surface area (Å²) in [5.41, 5.74) is 0.591. The molecule has 0 saturated carbocycles. The minimum absolute atomic E-state index is 0.0129. The highest BCUT2D eigenvalue weighted by Crippen LogP contribution is 2.37. The van der Waals surface area contributed by atoms with Crippen molar-refractivity contribution < 1.29 is 27.4 Å². The van der Waals surface area contributed by atoms with E-state index in [1.807, 2.05) is 0 Å². The van der Waals surface area contributed by atoms with E-state index in [0.717, 1.165) is 6.42 Å². The third-order valence-corrected chi connectivity index (χ3v) is 7.37. The van der Waals surface area contributed by atoms with E-state index < -0.39 is 15.8 Å². The number of carbonyl (C=O) groups is 1. The molecule has 3 aliphatic rings. The summed E-state index contributed by atoms with van der Waals surface area (Å²) >= 11 is 0. The highest BCUT2D eigenvalue weighted by atomic mass is 32.2. The van der Waals surface area contributed by atoms with Crippen molar-refractivity contribution in [2.24, 2.45) is 0 Å². The van der Waals surface area contributed by atoms with Crippen LogP contribution < -0.4 is 9.64 Å². The van der Waals surface area contributed by atoms with Crippen LogP contribution in [0.2, 0.25) is 0 Å². The Balaban J connectivity index is 1.61. The maximum atomic E-state index is 13.3. The molecule has 1 amide bonds. The Morgan fingerprint density at radius 1 is 1.11 bits per heavy atom. The van der Waals surface area contributed by atoms with Crippen LogP contribution in [0.4, 0.5) is 5.69 Å². The Morgan fingerprint density at radius 2 is 1.81 bits per heavy atom. The second-order valence-corrected chi connectivity index (χ2v) is 8.90. The summed E-state index contributed by atoms with van der Waals surface area (Å²) in [6.07, 6.45) is 2.27. The predicted molar refractivity (Wildman–Crippen MR) is 97.2 cm³/mol. The number of benzene rings is 1. The van der Waals surface area contributed by atoms with Gasteiger partial charge < -0.3 is 19.1 Å². The van der Waals surface area contributed by atoms with Crippen molar-refractivity contribution >= 4 is 21.6 Å². The van der Waals surface area contributed by atoms with Gasteiger partial charge in [0.15, 0.2) is 5.79 Å². The van der Waals surface area contributed by atoms with Crippen LogP contribution in [0.5, 0.6) is 5.75 Å². The van der Waals surface area contributed by atoms with Gasteiger partial charge in [0.25, 0.3) is 0 Å². The molecule has 3 saturated heterocycles. The number of methoxy groups -OCH3 is 1. The van der Waals surface area contributed by atoms with Crippen molar-refractivity contribution in [3.63, 3.8) is 0 Å². The first kappa shape index (κ1) is 18.7. The van der Waals surface area contributed by atoms with Crippen LogP contribution in [0, 0.1) is 0 Å². The molecule has 1 aromatic carbocycles. The Hall–Kier alpha value is -1.68. The van der Waals surface area contributed by atoms with Gasteiger partial charge in [0.2, 0.25) is 15.9 Å². The zero-order valence-electron chi connectivity index (χ0n) is 15.3. The molecule has 9 heteroatoms. The molecule has 8 nitrogen and oxygen atoms in total. The number of rotatable bonds is 4. The third-order valence-electron chi connectivity index (χ3n) is 5.45. The van der Waals surface area contributed by atoms with Crippen molar-refractivity contribution in [2.45, 2.75) is 36.4 Å². The van der Waals surface area contributed by atoms with Gasteiger partial charge in [-0.15, -0.1) is 0 Å². The van der Waals surface area contributed by atoms with Crippen LogP contribution in [0.1, 0.15) is 25.7 Å². The lowest BCUT2D eigenvalue weighted by molar-refractivity contribution is -0.179. The van der Waals surface area contributed by atoms with Crippen molar-refractivity contribution in [1.82, 2.24) is 4.31 Å². The summed E-state index contributed by atoms with van der Waals surface area (Å²) in [4.78, 5) is 13.8. The van der Waals surface area contributed by atoms with Gasteiger partial charge in [-0.25, -0.2) is 8.42 Å². The number of nitrogens with zero attached hydrogens (tertiary/aromatic N) is 2. The maximum absolute atomic E-state index is 13.3. The van der Waals surface area contributed by atoms with Crippen LogP contribution >= 0.6 is 0 Å². The molecule has 3 aliphatic heterocycles. The molecule has 1 aromatic rings. The van der Waals surface area contributed by atoms with Crippen molar-refractivity contribution in [3.8, 4) is 5.75 Å². The first-order chi connectivity index (χ1) is 13.0. The van der Waals surface area contributed by atoms with Gasteiger partial charge in [0, 0.05) is 44.6 Å². The molecular formula is C18H24N2O6S. The van der Waals surface area contributed by atoms with E-state index in [2.05, 4.69) is 0 Å². The molecule has 4 rings (SSSR count). The number of ether oxygens (including phenoxy) is 3. The van der Waals surface area contributed by atoms with E-state index in [9.17, 15) is 13.2 Å². The lowest BCUT2D eigenvalue weighted by Gasteiger charge is -2.37. The second kappa shape index (κ2) is 7.05. The lowest BCUT2D eigenvalue weighted by Crippen LogP contribution is -2.47. The van der Waals surface area contributed by atoms with Crippen LogP contribution in [0.3, 0.4) is 0 Å². The fraction of sp³-hybridized carbons (Fsp3) is 0.611. The van der Waals surface area contributed by atoms with E-state index in [1.54, 1.807) is 23.1 Å². The summed E-state index contributed by atoms with van der Waals surface area (Å²) in [6, 6.07) is 4.89. The molecule has 3 heterocycles. The number of anilines is 1. The monoisotopic (exact) mass is 396 g/mol. The molecule has 148 valence electrons. The molecule has 27 heavy (non-hydrogen) atoms. The van der Waals surface area contributed by atoms with Crippen LogP contribution in [0.25, 0.3) is 0 Å². The molecule has 0 aliphatic carbocycles. The van der Waals surface area contributed by atoms with E-state index >= 15 is 0 Å². The maximum Gasteiger partial charge on any atom is 0.246 e. The molecule has 0 bridgehead atoms. The predicted octanol–water partition coefficient (Wildman–Crippen LogP) is 1.35. The quantitative estimate of drug-likeness (QED) is 0.764. The molecule has 0 aromatic heterocycles. The summed E-state index contributed by atoms with van der Waals surface area (Å²) in [5.74, 6) is -0.349. The molecule has 1 spiro atoms. The average Bonchev–Trinajstić information content (AvgIpc) is 3.31. The van der Waals surface area contributed by atoms with Gasteiger partial charge in [0.05, 0.1) is 20.3 Å². The summed E-state index contributed by atoms with van der Waals surface area (Å²) in [6.45, 7) is 2.33. The molecule has 0 atom stereocenters. The van der Waals surface area contributed by atoms with E-state index in [-0.39, 0.29) is 16.6 Å². The Labute approximate surface area is 159 Å². The standard InChI is InChI=1S/C18H24N2O6S/c1-24-15-5-4-14(20-8-2-3-17(20)21)13-16(15)27(22,23)19-9-6-18(7-10-19)25-11-12-26-18/h4-5,13H,2-3,6-12H2,1H3. The molecule has 0 unspecified atom stereocenters. The normalized spacial score (nSPS) is 23.3. The summed E-state index contributed by atoms with van der Waals surface area (Å²) in [7, 11) is -2.32. The Bertz CT molecular complexity index is 824. The van der Waals surface area contributed by atoms with Crippen LogP contribution in [-0.4, -0.2) is 64.4 Å². The van der Waals surface area contributed by atoms with Crippen molar-refractivity contribution in [2.75, 3.05) is 44.9 Å². The number of sulfonamides is 1. The van der Waals surface area contributed by atoms with E-state index in [0.29, 0.717) is 57.8 Å². The number of amides is 1. The van der Waals surface area contributed by atoms with E-state index in [1.165, 1.54) is 11.4 Å². The topological polar surface area (TPSA) is 85.4 Å². The number of piperidine rings is 1. The van der Waals surface area contributed by atoms with Gasteiger partial charge >= 0.3 is 0 Å². The van der Waals surface area contributed by atoms with Crippen molar-refractivity contribution in [1.29, 1.82) is 0 Å². The molecular weight excluding hydrogens is 372 g/mol. The SMILES string of the molecule is COc1ccc(N2CCCC2=O)cc1S(=O)(=O)N1CCC2(CC1)OCCO2. The third kappa shape index (κ3) is 3.33. The lowest BCUT2D eigenvalue weighted by atomic mass is 10.1. The van der Waals surface area contributed by atoms with Gasteiger partial charge in [0.1, 0.15) is 10.6 Å². The van der Waals surface area contributed by atoms with Crippen LogP contribution in [-0.2, 0) is 24.3 Å².